The van der Waals surface area contributed by atoms with Gasteiger partial charge in [-0.05, 0) is 38.8 Å². The topological polar surface area (TPSA) is 105 Å². The van der Waals surface area contributed by atoms with Crippen LogP contribution >= 0.6 is 27.7 Å². The third-order valence-electron chi connectivity index (χ3n) is 3.77. The number of hydrazone groups is 1. The minimum absolute atomic E-state index is 0.168. The van der Waals surface area contributed by atoms with Crippen molar-refractivity contribution in [3.8, 4) is 5.75 Å². The minimum Gasteiger partial charge on any atom is -0.501 e. The summed E-state index contributed by atoms with van der Waals surface area (Å²) in [7, 11) is 0. The fourth-order valence-electron chi connectivity index (χ4n) is 2.49. The van der Waals surface area contributed by atoms with Gasteiger partial charge in [-0.25, -0.2) is 5.43 Å². The summed E-state index contributed by atoms with van der Waals surface area (Å²) in [6.07, 6.45) is 1.28. The third kappa shape index (κ3) is 4.68. The number of nitrogens with one attached hydrogen (secondary N) is 1. The van der Waals surface area contributed by atoms with E-state index < -0.39 is 16.4 Å². The number of thioether (sulfide) groups is 1. The van der Waals surface area contributed by atoms with Gasteiger partial charge in [0.2, 0.25) is 11.7 Å². The second-order valence-corrected chi connectivity index (χ2v) is 7.56. The van der Waals surface area contributed by atoms with Gasteiger partial charge < -0.3 is 5.11 Å². The highest BCUT2D eigenvalue weighted by atomic mass is 79.9. The molecule has 3 aromatic rings. The monoisotopic (exact) mass is 459 g/mol. The van der Waals surface area contributed by atoms with E-state index in [1.807, 2.05) is 42.5 Å². The lowest BCUT2D eigenvalue weighted by Crippen LogP contribution is -2.19. The second-order valence-electron chi connectivity index (χ2n) is 5.69. The zero-order valence-corrected chi connectivity index (χ0v) is 16.7. The number of nitro benzene ring substituents is 1. The number of amides is 1. The largest absolute Gasteiger partial charge is 0.501 e. The SMILES string of the molecule is O=C(CSc1cccc2ccccc12)N/N=C/c1cc(Br)c(O)c([N+](=O)[O-])c1. The Morgan fingerprint density at radius 2 is 2.00 bits per heavy atom. The van der Waals surface area contributed by atoms with Crippen LogP contribution in [-0.4, -0.2) is 27.9 Å². The maximum atomic E-state index is 12.0. The molecule has 0 spiro atoms. The maximum absolute atomic E-state index is 12.0. The molecule has 0 saturated carbocycles. The molecular weight excluding hydrogens is 446 g/mol. The first-order valence-corrected chi connectivity index (χ1v) is 9.83. The van der Waals surface area contributed by atoms with Gasteiger partial charge in [-0.15, -0.1) is 11.8 Å². The summed E-state index contributed by atoms with van der Waals surface area (Å²) in [5.41, 5.74) is 2.30. The van der Waals surface area contributed by atoms with Gasteiger partial charge in [0.15, 0.2) is 0 Å². The number of carbonyl (C=O) groups excluding carboxylic acids is 1. The van der Waals surface area contributed by atoms with Crippen molar-refractivity contribution in [2.45, 2.75) is 4.90 Å². The molecule has 3 rings (SSSR count). The average molecular weight is 460 g/mol. The van der Waals surface area contributed by atoms with Crippen LogP contribution < -0.4 is 5.43 Å². The van der Waals surface area contributed by atoms with E-state index in [4.69, 9.17) is 0 Å². The molecule has 0 radical (unpaired) electrons. The number of benzene rings is 3. The van der Waals surface area contributed by atoms with E-state index in [-0.39, 0.29) is 16.1 Å². The van der Waals surface area contributed by atoms with Gasteiger partial charge in [0, 0.05) is 16.5 Å². The van der Waals surface area contributed by atoms with Crippen LogP contribution in [0, 0.1) is 10.1 Å². The van der Waals surface area contributed by atoms with Crippen LogP contribution in [0.1, 0.15) is 5.56 Å². The molecule has 0 aromatic heterocycles. The molecule has 9 heteroatoms. The minimum atomic E-state index is -0.698. The Morgan fingerprint density at radius 3 is 2.79 bits per heavy atom. The molecule has 0 unspecified atom stereocenters. The van der Waals surface area contributed by atoms with Gasteiger partial charge in [-0.3, -0.25) is 14.9 Å². The summed E-state index contributed by atoms with van der Waals surface area (Å²) in [6.45, 7) is 0. The lowest BCUT2D eigenvalue weighted by Gasteiger charge is -2.05. The summed E-state index contributed by atoms with van der Waals surface area (Å²) < 4.78 is 0.168. The van der Waals surface area contributed by atoms with Crippen LogP contribution in [0.25, 0.3) is 10.8 Å². The van der Waals surface area contributed by atoms with E-state index in [9.17, 15) is 20.0 Å². The number of aromatic hydroxyl groups is 1. The summed E-state index contributed by atoms with van der Waals surface area (Å²) in [5.74, 6) is -0.593. The second kappa shape index (κ2) is 8.85. The van der Waals surface area contributed by atoms with E-state index in [2.05, 4.69) is 26.5 Å². The lowest BCUT2D eigenvalue weighted by molar-refractivity contribution is -0.386. The number of phenols is 1. The lowest BCUT2D eigenvalue weighted by atomic mass is 10.1. The van der Waals surface area contributed by atoms with Crippen LogP contribution in [0.2, 0.25) is 0 Å². The van der Waals surface area contributed by atoms with Gasteiger partial charge in [0.25, 0.3) is 0 Å². The first-order chi connectivity index (χ1) is 13.5. The van der Waals surface area contributed by atoms with E-state index in [1.54, 1.807) is 0 Å². The number of phenolic OH excluding ortho intramolecular Hbond substituents is 1. The number of carbonyl (C=O) groups is 1. The van der Waals surface area contributed by atoms with Crippen molar-refractivity contribution in [1.29, 1.82) is 0 Å². The Bertz CT molecular complexity index is 1080. The molecule has 0 heterocycles. The fraction of sp³-hybridized carbons (Fsp3) is 0.0526. The quantitative estimate of drug-likeness (QED) is 0.245. The highest BCUT2D eigenvalue weighted by Crippen LogP contribution is 2.34. The fourth-order valence-corrected chi connectivity index (χ4v) is 3.83. The van der Waals surface area contributed by atoms with Crippen LogP contribution in [0.3, 0.4) is 0 Å². The van der Waals surface area contributed by atoms with Gasteiger partial charge in [-0.1, -0.05) is 36.4 Å². The molecule has 0 aliphatic rings. The third-order valence-corrected chi connectivity index (χ3v) is 5.45. The highest BCUT2D eigenvalue weighted by molar-refractivity contribution is 9.10. The van der Waals surface area contributed by atoms with Crippen molar-refractivity contribution in [3.63, 3.8) is 0 Å². The van der Waals surface area contributed by atoms with Gasteiger partial charge >= 0.3 is 5.69 Å². The van der Waals surface area contributed by atoms with Gasteiger partial charge in [0.1, 0.15) is 0 Å². The smallest absolute Gasteiger partial charge is 0.312 e. The van der Waals surface area contributed by atoms with Crippen LogP contribution in [-0.2, 0) is 4.79 Å². The summed E-state index contributed by atoms with van der Waals surface area (Å²) >= 11 is 4.45. The molecule has 0 fully saturated rings. The molecule has 0 bridgehead atoms. The van der Waals surface area contributed by atoms with Crippen LogP contribution in [0.15, 0.2) is 69.1 Å². The summed E-state index contributed by atoms with van der Waals surface area (Å²) in [6, 6.07) is 16.5. The molecule has 1 amide bonds. The highest BCUT2D eigenvalue weighted by Gasteiger charge is 2.17. The van der Waals surface area contributed by atoms with Gasteiger partial charge in [-0.2, -0.15) is 5.10 Å². The summed E-state index contributed by atoms with van der Waals surface area (Å²) in [5, 5.41) is 26.6. The van der Waals surface area contributed by atoms with Crippen molar-refractivity contribution in [3.05, 3.63) is 74.7 Å². The van der Waals surface area contributed by atoms with Crippen molar-refractivity contribution in [2.75, 3.05) is 5.75 Å². The van der Waals surface area contributed by atoms with Crippen molar-refractivity contribution >= 4 is 56.3 Å². The zero-order valence-electron chi connectivity index (χ0n) is 14.3. The van der Waals surface area contributed by atoms with E-state index in [0.29, 0.717) is 5.56 Å². The molecule has 28 heavy (non-hydrogen) atoms. The van der Waals surface area contributed by atoms with Crippen LogP contribution in [0.4, 0.5) is 5.69 Å². The molecule has 0 saturated heterocycles. The van der Waals surface area contributed by atoms with E-state index >= 15 is 0 Å². The summed E-state index contributed by atoms with van der Waals surface area (Å²) in [4.78, 5) is 23.3. The van der Waals surface area contributed by atoms with Crippen molar-refractivity contribution in [2.24, 2.45) is 5.10 Å². The Balaban J connectivity index is 1.62. The number of nitro groups is 1. The number of halogens is 1. The zero-order chi connectivity index (χ0) is 20.1. The Kier molecular flexibility index (Phi) is 6.27. The molecule has 3 aromatic carbocycles. The number of rotatable bonds is 6. The van der Waals surface area contributed by atoms with Crippen molar-refractivity contribution in [1.82, 2.24) is 5.43 Å². The number of fused-ring (bicyclic) bond motifs is 1. The van der Waals surface area contributed by atoms with E-state index in [0.717, 1.165) is 15.7 Å². The first kappa shape index (κ1) is 19.8. The molecule has 0 aliphatic carbocycles. The normalized spacial score (nSPS) is 11.0. The average Bonchev–Trinajstić information content (AvgIpc) is 2.68. The maximum Gasteiger partial charge on any atom is 0.312 e. The Hall–Kier alpha value is -2.91. The van der Waals surface area contributed by atoms with E-state index in [1.165, 1.54) is 30.1 Å². The molecule has 142 valence electrons. The Morgan fingerprint density at radius 1 is 1.25 bits per heavy atom. The predicted molar refractivity (Wildman–Crippen MR) is 113 cm³/mol. The number of hydrogen-bond donors (Lipinski definition) is 2. The first-order valence-electron chi connectivity index (χ1n) is 8.05. The molecular formula is C19H14BrN3O4S. The van der Waals surface area contributed by atoms with Crippen LogP contribution in [0.5, 0.6) is 5.75 Å². The number of nitrogens with zero attached hydrogens (tertiary/aromatic N) is 2. The van der Waals surface area contributed by atoms with Gasteiger partial charge in [0.05, 0.1) is 21.4 Å². The molecule has 0 aliphatic heterocycles. The molecule has 0 atom stereocenters. The van der Waals surface area contributed by atoms with Crippen molar-refractivity contribution < 1.29 is 14.8 Å². The standard InChI is InChI=1S/C19H14BrN3O4S/c20-15-8-12(9-16(19(15)25)23(26)27)10-21-22-18(24)11-28-17-7-3-5-13-4-1-2-6-14(13)17/h1-10,25H,11H2,(H,22,24)/b21-10+. The predicted octanol–water partition coefficient (Wildman–Crippen LogP) is 4.46. The molecule has 2 N–H and O–H groups in total. The Labute approximate surface area is 172 Å². The molecule has 7 nitrogen and oxygen atoms in total. The number of hydrogen-bond acceptors (Lipinski definition) is 6.